The molecule has 2 N–H and O–H groups in total. The fourth-order valence-corrected chi connectivity index (χ4v) is 4.06. The molecule has 0 spiro atoms. The molecule has 27 heavy (non-hydrogen) atoms. The highest BCUT2D eigenvalue weighted by Gasteiger charge is 2.39. The first-order valence-electron chi connectivity index (χ1n) is 9.52. The van der Waals surface area contributed by atoms with Gasteiger partial charge in [-0.15, -0.1) is 0 Å². The molecule has 2 unspecified atom stereocenters. The zero-order valence-electron chi connectivity index (χ0n) is 15.4. The van der Waals surface area contributed by atoms with Crippen molar-refractivity contribution in [3.05, 3.63) is 47.4 Å². The maximum absolute atomic E-state index is 13.3. The van der Waals surface area contributed by atoms with E-state index in [1.807, 2.05) is 23.1 Å². The van der Waals surface area contributed by atoms with Crippen LogP contribution in [0.1, 0.15) is 24.0 Å². The third-order valence-electron chi connectivity index (χ3n) is 5.53. The second-order valence-corrected chi connectivity index (χ2v) is 7.36. The molecule has 2 saturated heterocycles. The van der Waals surface area contributed by atoms with Gasteiger partial charge < -0.3 is 20.3 Å². The summed E-state index contributed by atoms with van der Waals surface area (Å²) in [4.78, 5) is 19.4. The lowest BCUT2D eigenvalue weighted by atomic mass is 10.0. The van der Waals surface area contributed by atoms with Crippen LogP contribution in [0.5, 0.6) is 0 Å². The highest BCUT2D eigenvalue weighted by atomic mass is 16.5. The van der Waals surface area contributed by atoms with Crippen molar-refractivity contribution in [2.24, 2.45) is 5.73 Å². The first kappa shape index (κ1) is 17.8. The van der Waals surface area contributed by atoms with Crippen LogP contribution in [0.25, 0.3) is 0 Å². The van der Waals surface area contributed by atoms with Gasteiger partial charge in [-0.1, -0.05) is 18.2 Å². The zero-order valence-corrected chi connectivity index (χ0v) is 15.4. The Bertz CT molecular complexity index is 787. The summed E-state index contributed by atoms with van der Waals surface area (Å²) in [6.07, 6.45) is 4.11. The Balaban J connectivity index is 1.68. The quantitative estimate of drug-likeness (QED) is 0.851. The van der Waals surface area contributed by atoms with Crippen LogP contribution in [0, 0.1) is 11.3 Å². The van der Waals surface area contributed by atoms with Crippen molar-refractivity contribution in [3.63, 3.8) is 0 Å². The van der Waals surface area contributed by atoms with Crippen LogP contribution in [-0.4, -0.2) is 65.5 Å². The van der Waals surface area contributed by atoms with Crippen LogP contribution in [0.3, 0.4) is 0 Å². The highest BCUT2D eigenvalue weighted by molar-refractivity contribution is 5.85. The van der Waals surface area contributed by atoms with E-state index in [4.69, 9.17) is 10.5 Å². The van der Waals surface area contributed by atoms with Crippen molar-refractivity contribution in [2.75, 3.05) is 32.8 Å². The molecule has 7 heteroatoms. The average molecular weight is 367 g/mol. The summed E-state index contributed by atoms with van der Waals surface area (Å²) in [5.41, 5.74) is 7.64. The van der Waals surface area contributed by atoms with E-state index in [2.05, 4.69) is 22.1 Å². The average Bonchev–Trinajstić information content (AvgIpc) is 2.70. The number of ether oxygens (including phenoxy) is 1. The predicted molar refractivity (Wildman–Crippen MR) is 99.9 cm³/mol. The van der Waals surface area contributed by atoms with Gasteiger partial charge in [-0.2, -0.15) is 5.26 Å². The van der Waals surface area contributed by atoms with E-state index >= 15 is 0 Å². The topological polar surface area (TPSA) is 85.8 Å². The summed E-state index contributed by atoms with van der Waals surface area (Å²) in [5, 5.41) is 9.43. The van der Waals surface area contributed by atoms with Gasteiger partial charge in [-0.05, 0) is 24.5 Å². The minimum absolute atomic E-state index is 0.0269. The molecule has 3 aliphatic rings. The standard InChI is InChI=1S/C20H25N5O2/c21-10-15-4-1-2-5-16(15)11-25-19(24-7-3-6-17(22)12-24)13-23-8-9-27-14-18(23)20(25)26/h1-2,4-5,13,17-18H,3,6-9,11-12,14,22H2. The molecule has 1 aromatic rings. The molecule has 0 bridgehead atoms. The second-order valence-electron chi connectivity index (χ2n) is 7.36. The van der Waals surface area contributed by atoms with E-state index in [1.54, 1.807) is 6.07 Å². The maximum atomic E-state index is 13.3. The molecular formula is C20H25N5O2. The monoisotopic (exact) mass is 367 g/mol. The van der Waals surface area contributed by atoms with E-state index in [0.717, 1.165) is 37.3 Å². The Morgan fingerprint density at radius 1 is 1.30 bits per heavy atom. The number of piperidine rings is 1. The molecular weight excluding hydrogens is 342 g/mol. The molecule has 2 fully saturated rings. The SMILES string of the molecule is N#Cc1ccccc1CN1C(=O)C2COCCN2C=C1N1CCCC(N)C1. The van der Waals surface area contributed by atoms with Gasteiger partial charge in [0.05, 0.1) is 31.4 Å². The number of nitrogens with zero attached hydrogens (tertiary/aromatic N) is 4. The fourth-order valence-electron chi connectivity index (χ4n) is 4.06. The number of hydrogen-bond donors (Lipinski definition) is 1. The zero-order chi connectivity index (χ0) is 18.8. The number of benzene rings is 1. The largest absolute Gasteiger partial charge is 0.377 e. The minimum atomic E-state index is -0.296. The van der Waals surface area contributed by atoms with Gasteiger partial charge in [0.1, 0.15) is 11.9 Å². The number of carbonyl (C=O) groups excluding carboxylic acids is 1. The van der Waals surface area contributed by atoms with Crippen LogP contribution >= 0.6 is 0 Å². The molecule has 3 aliphatic heterocycles. The number of hydrogen-bond acceptors (Lipinski definition) is 6. The lowest BCUT2D eigenvalue weighted by molar-refractivity contribution is -0.144. The first-order valence-corrected chi connectivity index (χ1v) is 9.52. The first-order chi connectivity index (χ1) is 13.2. The van der Waals surface area contributed by atoms with Crippen LogP contribution in [0.15, 0.2) is 36.3 Å². The number of rotatable bonds is 3. The summed E-state index contributed by atoms with van der Waals surface area (Å²) < 4.78 is 5.55. The number of nitriles is 1. The van der Waals surface area contributed by atoms with Gasteiger partial charge in [0.15, 0.2) is 0 Å². The number of amides is 1. The number of likely N-dealkylation sites (tertiary alicyclic amines) is 1. The van der Waals surface area contributed by atoms with E-state index in [9.17, 15) is 10.1 Å². The Morgan fingerprint density at radius 2 is 2.15 bits per heavy atom. The molecule has 1 aromatic carbocycles. The number of nitrogens with two attached hydrogens (primary N) is 1. The maximum Gasteiger partial charge on any atom is 0.253 e. The van der Waals surface area contributed by atoms with Gasteiger partial charge in [0.25, 0.3) is 5.91 Å². The van der Waals surface area contributed by atoms with Crippen LogP contribution in [-0.2, 0) is 16.1 Å². The molecule has 7 nitrogen and oxygen atoms in total. The van der Waals surface area contributed by atoms with E-state index in [1.165, 1.54) is 0 Å². The van der Waals surface area contributed by atoms with Crippen LogP contribution in [0.2, 0.25) is 0 Å². The highest BCUT2D eigenvalue weighted by Crippen LogP contribution is 2.28. The third kappa shape index (κ3) is 3.51. The summed E-state index contributed by atoms with van der Waals surface area (Å²) in [5.74, 6) is 0.917. The molecule has 0 saturated carbocycles. The van der Waals surface area contributed by atoms with Gasteiger partial charge in [-0.25, -0.2) is 0 Å². The Labute approximate surface area is 159 Å². The lowest BCUT2D eigenvalue weighted by Crippen LogP contribution is -2.59. The summed E-state index contributed by atoms with van der Waals surface area (Å²) in [6, 6.07) is 9.50. The minimum Gasteiger partial charge on any atom is -0.377 e. The third-order valence-corrected chi connectivity index (χ3v) is 5.53. The van der Waals surface area contributed by atoms with Crippen LogP contribution < -0.4 is 5.73 Å². The Hall–Kier alpha value is -2.56. The molecule has 4 rings (SSSR count). The smallest absolute Gasteiger partial charge is 0.253 e. The predicted octanol–water partition coefficient (Wildman–Crippen LogP) is 0.823. The summed E-state index contributed by atoms with van der Waals surface area (Å²) in [6.45, 7) is 3.75. The van der Waals surface area contributed by atoms with Gasteiger partial charge in [-0.3, -0.25) is 9.69 Å². The summed E-state index contributed by atoms with van der Waals surface area (Å²) >= 11 is 0. The molecule has 3 heterocycles. The Kier molecular flexibility index (Phi) is 5.01. The molecule has 0 radical (unpaired) electrons. The molecule has 0 aromatic heterocycles. The van der Waals surface area contributed by atoms with Crippen molar-refractivity contribution in [1.29, 1.82) is 5.26 Å². The molecule has 2 atom stereocenters. The van der Waals surface area contributed by atoms with Gasteiger partial charge >= 0.3 is 0 Å². The Morgan fingerprint density at radius 3 is 2.96 bits per heavy atom. The second kappa shape index (κ2) is 7.59. The van der Waals surface area contributed by atoms with Crippen LogP contribution in [0.4, 0.5) is 0 Å². The van der Waals surface area contributed by atoms with Crippen molar-refractivity contribution in [2.45, 2.75) is 31.5 Å². The number of carbonyl (C=O) groups is 1. The van der Waals surface area contributed by atoms with Gasteiger partial charge in [0, 0.05) is 31.9 Å². The summed E-state index contributed by atoms with van der Waals surface area (Å²) in [7, 11) is 0. The van der Waals surface area contributed by atoms with Crippen molar-refractivity contribution in [3.8, 4) is 6.07 Å². The molecule has 1 amide bonds. The van der Waals surface area contributed by atoms with Crippen molar-refractivity contribution >= 4 is 5.91 Å². The molecule has 0 aliphatic carbocycles. The number of morpholine rings is 1. The van der Waals surface area contributed by atoms with Crippen molar-refractivity contribution < 1.29 is 9.53 Å². The lowest BCUT2D eigenvalue weighted by Gasteiger charge is -2.46. The van der Waals surface area contributed by atoms with E-state index in [0.29, 0.717) is 31.9 Å². The normalized spacial score (nSPS) is 25.7. The van der Waals surface area contributed by atoms with E-state index in [-0.39, 0.29) is 18.0 Å². The van der Waals surface area contributed by atoms with Gasteiger partial charge in [0.2, 0.25) is 0 Å². The van der Waals surface area contributed by atoms with E-state index < -0.39 is 0 Å². The number of fused-ring (bicyclic) bond motifs is 1. The van der Waals surface area contributed by atoms with Crippen molar-refractivity contribution in [1.82, 2.24) is 14.7 Å². The fraction of sp³-hybridized carbons (Fsp3) is 0.500. The molecule has 142 valence electrons.